The number of rotatable bonds is 1. The number of furan rings is 1. The van der Waals surface area contributed by atoms with Gasteiger partial charge in [-0.25, -0.2) is 4.57 Å². The normalized spacial score (nSPS) is 11.3. The molecule has 102 valence electrons. The smallest absolute Gasteiger partial charge is 0.216 e. The summed E-state index contributed by atoms with van der Waals surface area (Å²) < 4.78 is 8.21. The van der Waals surface area contributed by atoms with E-state index in [9.17, 15) is 0 Å². The van der Waals surface area contributed by atoms with E-state index in [0.29, 0.717) is 0 Å². The molecule has 0 aliphatic carbocycles. The van der Waals surface area contributed by atoms with Crippen LogP contribution in [-0.2, 0) is 7.05 Å². The maximum Gasteiger partial charge on any atom is 0.216 e. The van der Waals surface area contributed by atoms with Gasteiger partial charge in [-0.15, -0.1) is 0 Å². The SMILES string of the molecule is Cc1ccc2c(oc3cccnc32)c1-c1cccc[n+]1C. The summed E-state index contributed by atoms with van der Waals surface area (Å²) in [6, 6.07) is 14.3. The highest BCUT2D eigenvalue weighted by Crippen LogP contribution is 2.35. The average Bonchev–Trinajstić information content (AvgIpc) is 2.87. The molecule has 4 rings (SSSR count). The Kier molecular flexibility index (Phi) is 2.54. The number of benzene rings is 1. The molecule has 0 atom stereocenters. The van der Waals surface area contributed by atoms with Crippen LogP contribution < -0.4 is 4.57 Å². The lowest BCUT2D eigenvalue weighted by atomic mass is 10.0. The molecule has 0 fully saturated rings. The molecule has 3 heterocycles. The van der Waals surface area contributed by atoms with Crippen molar-refractivity contribution in [3.8, 4) is 11.3 Å². The van der Waals surface area contributed by atoms with E-state index in [1.54, 1.807) is 6.20 Å². The number of hydrogen-bond donors (Lipinski definition) is 0. The largest absolute Gasteiger partial charge is 0.453 e. The molecule has 1 aromatic carbocycles. The molecule has 0 radical (unpaired) electrons. The van der Waals surface area contributed by atoms with Gasteiger partial charge in [0.25, 0.3) is 0 Å². The molecule has 0 saturated carbocycles. The minimum Gasteiger partial charge on any atom is -0.453 e. The topological polar surface area (TPSA) is 29.9 Å². The fraction of sp³-hybridized carbons (Fsp3) is 0.111. The summed E-state index contributed by atoms with van der Waals surface area (Å²) in [5.41, 5.74) is 6.13. The molecule has 0 aliphatic rings. The lowest BCUT2D eigenvalue weighted by Gasteiger charge is -2.04. The second kappa shape index (κ2) is 4.42. The Morgan fingerprint density at radius 3 is 2.81 bits per heavy atom. The third-order valence-electron chi connectivity index (χ3n) is 3.91. The van der Waals surface area contributed by atoms with E-state index in [-0.39, 0.29) is 0 Å². The van der Waals surface area contributed by atoms with Crippen molar-refractivity contribution < 1.29 is 8.98 Å². The van der Waals surface area contributed by atoms with E-state index in [4.69, 9.17) is 4.42 Å². The average molecular weight is 275 g/mol. The van der Waals surface area contributed by atoms with E-state index >= 15 is 0 Å². The first-order chi connectivity index (χ1) is 10.3. The zero-order valence-corrected chi connectivity index (χ0v) is 12.0. The van der Waals surface area contributed by atoms with Crippen molar-refractivity contribution in [3.63, 3.8) is 0 Å². The molecule has 3 aromatic heterocycles. The van der Waals surface area contributed by atoms with Crippen LogP contribution >= 0.6 is 0 Å². The molecule has 0 amide bonds. The van der Waals surface area contributed by atoms with Gasteiger partial charge < -0.3 is 4.42 Å². The van der Waals surface area contributed by atoms with Crippen LogP contribution in [0.25, 0.3) is 33.3 Å². The summed E-state index contributed by atoms with van der Waals surface area (Å²) in [6.45, 7) is 2.11. The lowest BCUT2D eigenvalue weighted by Crippen LogP contribution is -2.30. The highest BCUT2D eigenvalue weighted by Gasteiger charge is 2.20. The first-order valence-corrected chi connectivity index (χ1v) is 6.97. The van der Waals surface area contributed by atoms with Gasteiger partial charge in [0.2, 0.25) is 5.69 Å². The fourth-order valence-electron chi connectivity index (χ4n) is 2.86. The standard InChI is InChI=1S/C18H15N2O/c1-12-8-9-13-17-15(7-5-10-19-17)21-18(13)16(12)14-6-3-4-11-20(14)2/h3-11H,1-2H3/q+1. The van der Waals surface area contributed by atoms with Crippen molar-refractivity contribution >= 4 is 22.1 Å². The molecule has 0 bridgehead atoms. The Labute approximate surface area is 122 Å². The number of pyridine rings is 2. The molecule has 3 heteroatoms. The molecule has 4 aromatic rings. The van der Waals surface area contributed by atoms with Crippen LogP contribution in [0.4, 0.5) is 0 Å². The Morgan fingerprint density at radius 2 is 1.95 bits per heavy atom. The Bertz CT molecular complexity index is 969. The van der Waals surface area contributed by atoms with E-state index in [2.05, 4.69) is 54.0 Å². The van der Waals surface area contributed by atoms with Crippen molar-refractivity contribution in [2.45, 2.75) is 6.92 Å². The monoisotopic (exact) mass is 275 g/mol. The van der Waals surface area contributed by atoms with Crippen LogP contribution in [0.3, 0.4) is 0 Å². The second-order valence-corrected chi connectivity index (χ2v) is 5.28. The number of nitrogens with zero attached hydrogens (tertiary/aromatic N) is 2. The van der Waals surface area contributed by atoms with Gasteiger partial charge in [0.15, 0.2) is 17.4 Å². The number of fused-ring (bicyclic) bond motifs is 3. The molecule has 0 spiro atoms. The number of hydrogen-bond acceptors (Lipinski definition) is 2. The first kappa shape index (κ1) is 12.1. The summed E-state index contributed by atoms with van der Waals surface area (Å²) >= 11 is 0. The fourth-order valence-corrected chi connectivity index (χ4v) is 2.86. The Hall–Kier alpha value is -2.68. The third-order valence-corrected chi connectivity index (χ3v) is 3.91. The van der Waals surface area contributed by atoms with Crippen LogP contribution in [0.5, 0.6) is 0 Å². The van der Waals surface area contributed by atoms with Crippen LogP contribution in [0, 0.1) is 6.92 Å². The minimum absolute atomic E-state index is 0.831. The zero-order valence-electron chi connectivity index (χ0n) is 12.0. The summed E-state index contributed by atoms with van der Waals surface area (Å²) in [7, 11) is 2.05. The van der Waals surface area contributed by atoms with Crippen molar-refractivity contribution in [2.75, 3.05) is 0 Å². The molecule has 0 unspecified atom stereocenters. The molecular formula is C18H15N2O+. The Balaban J connectivity index is 2.18. The third kappa shape index (κ3) is 1.74. The number of aryl methyl sites for hydroxylation is 2. The van der Waals surface area contributed by atoms with Crippen molar-refractivity contribution in [2.24, 2.45) is 7.05 Å². The number of aromatic nitrogens is 2. The summed E-state index contributed by atoms with van der Waals surface area (Å²) in [6.07, 6.45) is 3.86. The van der Waals surface area contributed by atoms with Gasteiger partial charge >= 0.3 is 0 Å². The molecule has 0 N–H and O–H groups in total. The zero-order chi connectivity index (χ0) is 14.4. The van der Waals surface area contributed by atoms with E-state index in [1.807, 2.05) is 18.2 Å². The second-order valence-electron chi connectivity index (χ2n) is 5.28. The van der Waals surface area contributed by atoms with E-state index < -0.39 is 0 Å². The van der Waals surface area contributed by atoms with E-state index in [0.717, 1.165) is 33.3 Å². The first-order valence-electron chi connectivity index (χ1n) is 6.97. The highest BCUT2D eigenvalue weighted by atomic mass is 16.3. The molecular weight excluding hydrogens is 260 g/mol. The highest BCUT2D eigenvalue weighted by molar-refractivity contribution is 6.07. The van der Waals surface area contributed by atoms with Crippen LogP contribution in [0.1, 0.15) is 5.56 Å². The van der Waals surface area contributed by atoms with Gasteiger partial charge in [-0.3, -0.25) is 4.98 Å². The minimum atomic E-state index is 0.831. The quantitative estimate of drug-likeness (QED) is 0.495. The van der Waals surface area contributed by atoms with Gasteiger partial charge in [-0.1, -0.05) is 6.07 Å². The van der Waals surface area contributed by atoms with Crippen LogP contribution in [-0.4, -0.2) is 4.98 Å². The lowest BCUT2D eigenvalue weighted by molar-refractivity contribution is -0.660. The maximum absolute atomic E-state index is 6.10. The molecule has 0 saturated heterocycles. The summed E-state index contributed by atoms with van der Waals surface area (Å²) in [5, 5.41) is 1.06. The maximum atomic E-state index is 6.10. The van der Waals surface area contributed by atoms with Gasteiger partial charge in [0, 0.05) is 23.7 Å². The Morgan fingerprint density at radius 1 is 1.05 bits per heavy atom. The van der Waals surface area contributed by atoms with Crippen molar-refractivity contribution in [1.29, 1.82) is 0 Å². The van der Waals surface area contributed by atoms with E-state index in [1.165, 1.54) is 5.56 Å². The predicted octanol–water partition coefficient (Wildman–Crippen LogP) is 3.78. The summed E-state index contributed by atoms with van der Waals surface area (Å²) in [4.78, 5) is 4.46. The van der Waals surface area contributed by atoms with Gasteiger partial charge in [0.05, 0.1) is 5.56 Å². The van der Waals surface area contributed by atoms with Crippen LogP contribution in [0.2, 0.25) is 0 Å². The van der Waals surface area contributed by atoms with Gasteiger partial charge in [-0.2, -0.15) is 0 Å². The molecule has 0 aliphatic heterocycles. The molecule has 3 nitrogen and oxygen atoms in total. The van der Waals surface area contributed by atoms with Crippen molar-refractivity contribution in [3.05, 3.63) is 60.4 Å². The van der Waals surface area contributed by atoms with Gasteiger partial charge in [-0.05, 0) is 36.8 Å². The summed E-state index contributed by atoms with van der Waals surface area (Å²) in [5.74, 6) is 0. The van der Waals surface area contributed by atoms with Crippen LogP contribution in [0.15, 0.2) is 59.3 Å². The van der Waals surface area contributed by atoms with Gasteiger partial charge in [0.1, 0.15) is 12.6 Å². The predicted molar refractivity (Wildman–Crippen MR) is 82.9 cm³/mol. The molecule has 21 heavy (non-hydrogen) atoms. The van der Waals surface area contributed by atoms with Crippen molar-refractivity contribution in [1.82, 2.24) is 4.98 Å².